The second-order valence-corrected chi connectivity index (χ2v) is 6.72. The van der Waals surface area contributed by atoms with Gasteiger partial charge in [0.1, 0.15) is 0 Å². The quantitative estimate of drug-likeness (QED) is 0.378. The predicted molar refractivity (Wildman–Crippen MR) is 115 cm³/mol. The lowest BCUT2D eigenvalue weighted by molar-refractivity contribution is -0.149. The summed E-state index contributed by atoms with van der Waals surface area (Å²) in [6.45, 7) is 1.02. The highest BCUT2D eigenvalue weighted by molar-refractivity contribution is 6.01. The van der Waals surface area contributed by atoms with Crippen LogP contribution < -0.4 is 9.47 Å². The Labute approximate surface area is 180 Å². The zero-order valence-corrected chi connectivity index (χ0v) is 17.2. The number of esters is 1. The van der Waals surface area contributed by atoms with Crippen LogP contribution in [0.1, 0.15) is 39.3 Å². The van der Waals surface area contributed by atoms with Crippen molar-refractivity contribution in [2.75, 3.05) is 13.7 Å². The smallest absolute Gasteiger partial charge is 0.345 e. The lowest BCUT2D eigenvalue weighted by atomic mass is 10.00. The van der Waals surface area contributed by atoms with Crippen LogP contribution in [-0.2, 0) is 9.53 Å². The number of benzene rings is 3. The molecule has 0 fully saturated rings. The highest BCUT2D eigenvalue weighted by Crippen LogP contribution is 2.29. The SMILES string of the molecule is COc1cc(C(C)=O)ccc1OCC(=O)OC(C(=O)c1ccccc1)c1ccccc1. The van der Waals surface area contributed by atoms with Crippen molar-refractivity contribution in [3.8, 4) is 11.5 Å². The first-order chi connectivity index (χ1) is 15.0. The Hall–Kier alpha value is -3.93. The highest BCUT2D eigenvalue weighted by atomic mass is 16.6. The zero-order chi connectivity index (χ0) is 22.2. The summed E-state index contributed by atoms with van der Waals surface area (Å²) in [7, 11) is 1.44. The van der Waals surface area contributed by atoms with Gasteiger partial charge in [-0.3, -0.25) is 9.59 Å². The van der Waals surface area contributed by atoms with E-state index in [1.54, 1.807) is 66.7 Å². The molecule has 0 aliphatic heterocycles. The molecule has 0 aliphatic carbocycles. The molecule has 0 N–H and O–H groups in total. The minimum atomic E-state index is -1.10. The summed E-state index contributed by atoms with van der Waals surface area (Å²) in [4.78, 5) is 37.0. The van der Waals surface area contributed by atoms with Crippen molar-refractivity contribution in [3.63, 3.8) is 0 Å². The summed E-state index contributed by atoms with van der Waals surface area (Å²) in [5.74, 6) is -0.552. The number of Topliss-reactive ketones (excluding diaryl/α,β-unsaturated/α-hetero) is 2. The molecule has 6 nitrogen and oxygen atoms in total. The van der Waals surface area contributed by atoms with E-state index in [1.165, 1.54) is 20.1 Å². The van der Waals surface area contributed by atoms with E-state index in [-0.39, 0.29) is 17.3 Å². The van der Waals surface area contributed by atoms with Crippen LogP contribution in [0.4, 0.5) is 0 Å². The van der Waals surface area contributed by atoms with Gasteiger partial charge < -0.3 is 14.2 Å². The number of carbonyl (C=O) groups is 3. The normalized spacial score (nSPS) is 11.3. The minimum absolute atomic E-state index is 0.116. The molecule has 0 saturated heterocycles. The Morgan fingerprint density at radius 1 is 0.806 bits per heavy atom. The van der Waals surface area contributed by atoms with Gasteiger partial charge in [0.15, 0.2) is 30.0 Å². The third-order valence-corrected chi connectivity index (χ3v) is 4.56. The largest absolute Gasteiger partial charge is 0.493 e. The zero-order valence-electron chi connectivity index (χ0n) is 17.2. The van der Waals surface area contributed by atoms with Gasteiger partial charge in [-0.2, -0.15) is 0 Å². The molecule has 1 atom stereocenters. The first-order valence-corrected chi connectivity index (χ1v) is 9.65. The topological polar surface area (TPSA) is 78.9 Å². The monoisotopic (exact) mass is 418 g/mol. The average molecular weight is 418 g/mol. The minimum Gasteiger partial charge on any atom is -0.493 e. The lowest BCUT2D eigenvalue weighted by Crippen LogP contribution is -2.23. The second kappa shape index (κ2) is 10.2. The molecule has 0 spiro atoms. The number of carbonyl (C=O) groups excluding carboxylic acids is 3. The molecular weight excluding hydrogens is 396 g/mol. The molecule has 0 amide bonds. The fourth-order valence-electron chi connectivity index (χ4n) is 2.96. The summed E-state index contributed by atoms with van der Waals surface area (Å²) >= 11 is 0. The van der Waals surface area contributed by atoms with E-state index < -0.39 is 18.7 Å². The van der Waals surface area contributed by atoms with Crippen molar-refractivity contribution in [1.29, 1.82) is 0 Å². The second-order valence-electron chi connectivity index (χ2n) is 6.72. The molecule has 0 aliphatic rings. The Morgan fingerprint density at radius 3 is 2.06 bits per heavy atom. The van der Waals surface area contributed by atoms with Crippen LogP contribution in [-0.4, -0.2) is 31.3 Å². The summed E-state index contributed by atoms with van der Waals surface area (Å²) in [5, 5.41) is 0. The van der Waals surface area contributed by atoms with Crippen molar-refractivity contribution in [2.45, 2.75) is 13.0 Å². The number of ether oxygens (including phenoxy) is 3. The van der Waals surface area contributed by atoms with Gasteiger partial charge in [0.25, 0.3) is 0 Å². The van der Waals surface area contributed by atoms with E-state index in [0.29, 0.717) is 22.4 Å². The molecule has 3 aromatic carbocycles. The van der Waals surface area contributed by atoms with Crippen molar-refractivity contribution in [3.05, 3.63) is 95.6 Å². The molecule has 3 rings (SSSR count). The number of hydrogen-bond donors (Lipinski definition) is 0. The van der Waals surface area contributed by atoms with Crippen LogP contribution in [0.5, 0.6) is 11.5 Å². The van der Waals surface area contributed by atoms with Gasteiger partial charge in [-0.05, 0) is 25.1 Å². The molecular formula is C25H22O6. The maximum absolute atomic E-state index is 13.0. The van der Waals surface area contributed by atoms with Gasteiger partial charge in [-0.25, -0.2) is 4.79 Å². The fraction of sp³-hybridized carbons (Fsp3) is 0.160. The van der Waals surface area contributed by atoms with E-state index in [4.69, 9.17) is 14.2 Å². The van der Waals surface area contributed by atoms with Crippen molar-refractivity contribution in [1.82, 2.24) is 0 Å². The number of ketones is 2. The van der Waals surface area contributed by atoms with Gasteiger partial charge in [0.05, 0.1) is 7.11 Å². The van der Waals surface area contributed by atoms with Gasteiger partial charge in [0, 0.05) is 16.7 Å². The van der Waals surface area contributed by atoms with Gasteiger partial charge >= 0.3 is 5.97 Å². The van der Waals surface area contributed by atoms with Crippen LogP contribution in [0.15, 0.2) is 78.9 Å². The van der Waals surface area contributed by atoms with E-state index in [0.717, 1.165) is 0 Å². The summed E-state index contributed by atoms with van der Waals surface area (Å²) < 4.78 is 16.3. The van der Waals surface area contributed by atoms with Gasteiger partial charge in [-0.1, -0.05) is 60.7 Å². The molecule has 31 heavy (non-hydrogen) atoms. The molecule has 0 radical (unpaired) electrons. The van der Waals surface area contributed by atoms with Crippen molar-refractivity contribution < 1.29 is 28.6 Å². The van der Waals surface area contributed by atoms with Crippen LogP contribution in [0.2, 0.25) is 0 Å². The third-order valence-electron chi connectivity index (χ3n) is 4.56. The molecule has 3 aromatic rings. The van der Waals surface area contributed by atoms with Crippen LogP contribution >= 0.6 is 0 Å². The Balaban J connectivity index is 1.74. The van der Waals surface area contributed by atoms with E-state index in [2.05, 4.69) is 0 Å². The average Bonchev–Trinajstić information content (AvgIpc) is 2.81. The number of methoxy groups -OCH3 is 1. The van der Waals surface area contributed by atoms with E-state index >= 15 is 0 Å². The van der Waals surface area contributed by atoms with Crippen molar-refractivity contribution >= 4 is 17.5 Å². The lowest BCUT2D eigenvalue weighted by Gasteiger charge is -2.18. The van der Waals surface area contributed by atoms with Gasteiger partial charge in [-0.15, -0.1) is 0 Å². The highest BCUT2D eigenvalue weighted by Gasteiger charge is 2.26. The number of rotatable bonds is 9. The third kappa shape index (κ3) is 5.57. The summed E-state index contributed by atoms with van der Waals surface area (Å²) in [6.07, 6.45) is -1.10. The molecule has 0 saturated carbocycles. The fourth-order valence-corrected chi connectivity index (χ4v) is 2.96. The van der Waals surface area contributed by atoms with Crippen LogP contribution in [0.25, 0.3) is 0 Å². The summed E-state index contributed by atoms with van der Waals surface area (Å²) in [5.41, 5.74) is 1.46. The maximum Gasteiger partial charge on any atom is 0.345 e. The first-order valence-electron chi connectivity index (χ1n) is 9.65. The Bertz CT molecular complexity index is 1060. The first kappa shape index (κ1) is 21.8. The van der Waals surface area contributed by atoms with E-state index in [1.807, 2.05) is 6.07 Å². The number of hydrogen-bond acceptors (Lipinski definition) is 6. The molecule has 0 heterocycles. The van der Waals surface area contributed by atoms with Crippen molar-refractivity contribution in [2.24, 2.45) is 0 Å². The van der Waals surface area contributed by atoms with Crippen LogP contribution in [0, 0.1) is 0 Å². The Kier molecular flexibility index (Phi) is 7.17. The molecule has 0 bridgehead atoms. The predicted octanol–water partition coefficient (Wildman–Crippen LogP) is 4.44. The Morgan fingerprint density at radius 2 is 1.45 bits per heavy atom. The van der Waals surface area contributed by atoms with Gasteiger partial charge in [0.2, 0.25) is 5.78 Å². The van der Waals surface area contributed by atoms with E-state index in [9.17, 15) is 14.4 Å². The molecule has 6 heteroatoms. The molecule has 0 aromatic heterocycles. The summed E-state index contributed by atoms with van der Waals surface area (Å²) in [6, 6.07) is 22.1. The maximum atomic E-state index is 13.0. The standard InChI is InChI=1S/C25H22O6/c1-17(26)20-13-14-21(22(15-20)29-2)30-16-23(27)31-25(19-11-7-4-8-12-19)24(28)18-9-5-3-6-10-18/h3-15,25H,16H2,1-2H3. The molecule has 158 valence electrons. The van der Waals surface area contributed by atoms with Crippen LogP contribution in [0.3, 0.4) is 0 Å². The molecule has 1 unspecified atom stereocenters.